The highest BCUT2D eigenvalue weighted by Gasteiger charge is 2.19. The lowest BCUT2D eigenvalue weighted by atomic mass is 9.94. The number of ketones is 1. The summed E-state index contributed by atoms with van der Waals surface area (Å²) in [7, 11) is 0. The van der Waals surface area contributed by atoms with Gasteiger partial charge in [0.15, 0.2) is 5.78 Å². The first-order valence-corrected chi connectivity index (χ1v) is 7.31. The molecule has 1 aliphatic rings. The Morgan fingerprint density at radius 2 is 1.90 bits per heavy atom. The molecule has 0 atom stereocenters. The minimum absolute atomic E-state index is 0.131. The standard InChI is InChI=1S/C18H22FNO/c1-18(2,3)20-16(15-6-4-5-7-17(15)21)12-13-8-10-14(19)11-9-13/h4,6,8-11,20H,5,7,12H2,1-3H3/b16-15+. The third-order valence-electron chi connectivity index (χ3n) is 3.27. The largest absolute Gasteiger partial charge is 0.383 e. The molecular formula is C18H22FNO. The van der Waals surface area contributed by atoms with Crippen molar-refractivity contribution in [2.45, 2.75) is 45.6 Å². The van der Waals surface area contributed by atoms with Crippen LogP contribution in [0.4, 0.5) is 4.39 Å². The van der Waals surface area contributed by atoms with Gasteiger partial charge in [-0.2, -0.15) is 0 Å². The van der Waals surface area contributed by atoms with Crippen LogP contribution in [0.2, 0.25) is 0 Å². The summed E-state index contributed by atoms with van der Waals surface area (Å²) in [6, 6.07) is 6.43. The second-order valence-corrected chi connectivity index (χ2v) is 6.43. The summed E-state index contributed by atoms with van der Waals surface area (Å²) >= 11 is 0. The normalized spacial score (nSPS) is 17.8. The van der Waals surface area contributed by atoms with Crippen LogP contribution in [0.1, 0.15) is 39.2 Å². The third-order valence-corrected chi connectivity index (χ3v) is 3.27. The minimum atomic E-state index is -0.245. The van der Waals surface area contributed by atoms with Gasteiger partial charge in [-0.25, -0.2) is 4.39 Å². The number of rotatable bonds is 3. The van der Waals surface area contributed by atoms with Crippen LogP contribution in [0, 0.1) is 5.82 Å². The molecule has 0 amide bonds. The van der Waals surface area contributed by atoms with Crippen LogP contribution in [-0.4, -0.2) is 11.3 Å². The van der Waals surface area contributed by atoms with E-state index in [2.05, 4.69) is 26.1 Å². The molecule has 1 aliphatic carbocycles. The summed E-state index contributed by atoms with van der Waals surface area (Å²) in [6.07, 6.45) is 5.91. The Balaban J connectivity index is 2.34. The molecule has 0 aliphatic heterocycles. The van der Waals surface area contributed by atoms with Gasteiger partial charge in [0.1, 0.15) is 5.82 Å². The number of halogens is 1. The monoisotopic (exact) mass is 287 g/mol. The molecule has 1 aromatic rings. The number of hydrogen-bond donors (Lipinski definition) is 1. The molecule has 1 aromatic carbocycles. The topological polar surface area (TPSA) is 29.1 Å². The summed E-state index contributed by atoms with van der Waals surface area (Å²) in [5.74, 6) is -0.0725. The van der Waals surface area contributed by atoms with Gasteiger partial charge in [-0.15, -0.1) is 0 Å². The van der Waals surface area contributed by atoms with E-state index in [1.165, 1.54) is 12.1 Å². The Bertz CT molecular complexity index is 576. The van der Waals surface area contributed by atoms with Crippen LogP contribution in [0.25, 0.3) is 0 Å². The fourth-order valence-electron chi connectivity index (χ4n) is 2.38. The Labute approximate surface area is 125 Å². The molecule has 0 spiro atoms. The average Bonchev–Trinajstić information content (AvgIpc) is 2.40. The fourth-order valence-corrected chi connectivity index (χ4v) is 2.38. The van der Waals surface area contributed by atoms with Crippen LogP contribution in [0.3, 0.4) is 0 Å². The number of carbonyl (C=O) groups excluding carboxylic acids is 1. The lowest BCUT2D eigenvalue weighted by Crippen LogP contribution is -2.37. The van der Waals surface area contributed by atoms with Gasteiger partial charge < -0.3 is 5.32 Å². The Hall–Kier alpha value is -1.90. The first kappa shape index (κ1) is 15.5. The van der Waals surface area contributed by atoms with Crippen molar-refractivity contribution >= 4 is 5.78 Å². The summed E-state index contributed by atoms with van der Waals surface area (Å²) < 4.78 is 13.0. The van der Waals surface area contributed by atoms with Crippen molar-refractivity contribution in [1.29, 1.82) is 0 Å². The van der Waals surface area contributed by atoms with Crippen molar-refractivity contribution in [3.8, 4) is 0 Å². The molecular weight excluding hydrogens is 265 g/mol. The van der Waals surface area contributed by atoms with E-state index in [0.717, 1.165) is 23.3 Å². The molecule has 2 rings (SSSR count). The van der Waals surface area contributed by atoms with E-state index in [1.807, 2.05) is 12.2 Å². The van der Waals surface area contributed by atoms with Gasteiger partial charge in [-0.05, 0) is 44.9 Å². The predicted octanol–water partition coefficient (Wildman–Crippen LogP) is 3.93. The number of benzene rings is 1. The van der Waals surface area contributed by atoms with E-state index in [4.69, 9.17) is 0 Å². The summed E-state index contributed by atoms with van der Waals surface area (Å²) in [5, 5.41) is 3.43. The second-order valence-electron chi connectivity index (χ2n) is 6.43. The molecule has 0 aromatic heterocycles. The Kier molecular flexibility index (Phi) is 4.61. The highest BCUT2D eigenvalue weighted by molar-refractivity contribution is 5.99. The summed E-state index contributed by atoms with van der Waals surface area (Å²) in [6.45, 7) is 6.19. The molecule has 0 saturated heterocycles. The van der Waals surface area contributed by atoms with Crippen molar-refractivity contribution < 1.29 is 9.18 Å². The highest BCUT2D eigenvalue weighted by Crippen LogP contribution is 2.20. The van der Waals surface area contributed by atoms with Crippen LogP contribution in [0.15, 0.2) is 47.7 Å². The zero-order valence-corrected chi connectivity index (χ0v) is 12.9. The van der Waals surface area contributed by atoms with Gasteiger partial charge in [0.25, 0.3) is 0 Å². The first-order valence-electron chi connectivity index (χ1n) is 7.31. The van der Waals surface area contributed by atoms with Crippen molar-refractivity contribution in [2.24, 2.45) is 0 Å². The molecule has 3 heteroatoms. The molecule has 0 radical (unpaired) electrons. The lowest BCUT2D eigenvalue weighted by molar-refractivity contribution is -0.115. The molecule has 0 saturated carbocycles. The van der Waals surface area contributed by atoms with Crippen LogP contribution >= 0.6 is 0 Å². The number of Topliss-reactive ketones (excluding diaryl/α,β-unsaturated/α-hetero) is 1. The maximum Gasteiger partial charge on any atom is 0.164 e. The zero-order valence-electron chi connectivity index (χ0n) is 12.9. The maximum absolute atomic E-state index is 13.0. The van der Waals surface area contributed by atoms with Gasteiger partial charge in [0.2, 0.25) is 0 Å². The molecule has 0 bridgehead atoms. The Morgan fingerprint density at radius 3 is 2.48 bits per heavy atom. The van der Waals surface area contributed by atoms with Crippen molar-refractivity contribution in [3.63, 3.8) is 0 Å². The van der Waals surface area contributed by atoms with Gasteiger partial charge in [0, 0.05) is 29.7 Å². The van der Waals surface area contributed by atoms with Crippen molar-refractivity contribution in [1.82, 2.24) is 5.32 Å². The first-order chi connectivity index (χ1) is 9.85. The molecule has 21 heavy (non-hydrogen) atoms. The quantitative estimate of drug-likeness (QED) is 0.853. The summed E-state index contributed by atoms with van der Waals surface area (Å²) in [4.78, 5) is 12.2. The van der Waals surface area contributed by atoms with Gasteiger partial charge in [0.05, 0.1) is 0 Å². The lowest BCUT2D eigenvalue weighted by Gasteiger charge is -2.27. The Morgan fingerprint density at radius 1 is 1.24 bits per heavy atom. The highest BCUT2D eigenvalue weighted by atomic mass is 19.1. The SMILES string of the molecule is CC(C)(C)N/C(Cc1ccc(F)cc1)=C1\C=CCCC1=O. The molecule has 2 nitrogen and oxygen atoms in total. The zero-order chi connectivity index (χ0) is 15.5. The third kappa shape index (κ3) is 4.55. The van der Waals surface area contributed by atoms with Crippen molar-refractivity contribution in [3.05, 3.63) is 59.1 Å². The van der Waals surface area contributed by atoms with E-state index in [0.29, 0.717) is 12.8 Å². The number of hydrogen-bond acceptors (Lipinski definition) is 2. The molecule has 1 N–H and O–H groups in total. The maximum atomic E-state index is 13.0. The van der Waals surface area contributed by atoms with Crippen LogP contribution in [-0.2, 0) is 11.2 Å². The van der Waals surface area contributed by atoms with Gasteiger partial charge >= 0.3 is 0 Å². The molecule has 112 valence electrons. The van der Waals surface area contributed by atoms with Gasteiger partial charge in [-0.1, -0.05) is 24.3 Å². The predicted molar refractivity (Wildman–Crippen MR) is 83.4 cm³/mol. The average molecular weight is 287 g/mol. The van der Waals surface area contributed by atoms with Crippen molar-refractivity contribution in [2.75, 3.05) is 0 Å². The summed E-state index contributed by atoms with van der Waals surface area (Å²) in [5.41, 5.74) is 2.52. The molecule has 0 unspecified atom stereocenters. The minimum Gasteiger partial charge on any atom is -0.383 e. The van der Waals surface area contributed by atoms with Crippen LogP contribution in [0.5, 0.6) is 0 Å². The number of allylic oxidation sites excluding steroid dienone is 4. The molecule has 0 heterocycles. The van der Waals surface area contributed by atoms with E-state index in [1.54, 1.807) is 12.1 Å². The van der Waals surface area contributed by atoms with Gasteiger partial charge in [-0.3, -0.25) is 4.79 Å². The fraction of sp³-hybridized carbons (Fsp3) is 0.389. The second kappa shape index (κ2) is 6.25. The number of nitrogens with one attached hydrogen (secondary N) is 1. The van der Waals surface area contributed by atoms with E-state index < -0.39 is 0 Å². The van der Waals surface area contributed by atoms with Crippen LogP contribution < -0.4 is 5.32 Å². The smallest absolute Gasteiger partial charge is 0.164 e. The van der Waals surface area contributed by atoms with E-state index in [9.17, 15) is 9.18 Å². The molecule has 0 fully saturated rings. The van der Waals surface area contributed by atoms with E-state index >= 15 is 0 Å². The number of carbonyl (C=O) groups is 1. The van der Waals surface area contributed by atoms with E-state index in [-0.39, 0.29) is 17.1 Å².